The van der Waals surface area contributed by atoms with Crippen molar-refractivity contribution in [2.24, 2.45) is 17.3 Å². The fourth-order valence-electron chi connectivity index (χ4n) is 2.83. The fourth-order valence-corrected chi connectivity index (χ4v) is 2.83. The lowest BCUT2D eigenvalue weighted by atomic mass is 9.83. The van der Waals surface area contributed by atoms with Gasteiger partial charge in [-0.2, -0.15) is 0 Å². The Bertz CT molecular complexity index is 388. The molecule has 22 heavy (non-hydrogen) atoms. The van der Waals surface area contributed by atoms with E-state index >= 15 is 0 Å². The van der Waals surface area contributed by atoms with Crippen molar-refractivity contribution < 1.29 is 14.7 Å². The number of piperidine rings is 1. The molecule has 1 aliphatic rings. The quantitative estimate of drug-likeness (QED) is 0.818. The average molecular weight is 312 g/mol. The molecular weight excluding hydrogens is 280 g/mol. The third kappa shape index (κ3) is 5.85. The van der Waals surface area contributed by atoms with Crippen molar-refractivity contribution in [3.8, 4) is 0 Å². The maximum Gasteiger partial charge on any atom is 0.317 e. The molecule has 0 radical (unpaired) electrons. The van der Waals surface area contributed by atoms with Crippen LogP contribution in [0.3, 0.4) is 0 Å². The summed E-state index contributed by atoms with van der Waals surface area (Å²) in [6.07, 6.45) is 3.44. The monoisotopic (exact) mass is 312 g/mol. The Morgan fingerprint density at radius 3 is 2.41 bits per heavy atom. The standard InChI is InChI=1S/C17H32N2O3/c1-12(2)8-9-14(17(3,4)5)18-16(22)19-10-6-7-13(11-19)15(20)21/h12-14H,6-11H2,1-5H3,(H,18,22)(H,20,21). The first-order valence-corrected chi connectivity index (χ1v) is 8.39. The van der Waals surface area contributed by atoms with Crippen LogP contribution in [0.25, 0.3) is 0 Å². The SMILES string of the molecule is CC(C)CCC(NC(=O)N1CCCC(C(=O)O)C1)C(C)(C)C. The van der Waals surface area contributed by atoms with E-state index in [1.165, 1.54) is 0 Å². The van der Waals surface area contributed by atoms with Gasteiger partial charge in [0.05, 0.1) is 5.92 Å². The van der Waals surface area contributed by atoms with Crippen molar-refractivity contribution in [3.05, 3.63) is 0 Å². The molecule has 0 aliphatic carbocycles. The third-order valence-electron chi connectivity index (χ3n) is 4.43. The van der Waals surface area contributed by atoms with Gasteiger partial charge in [0.1, 0.15) is 0 Å². The second-order valence-electron chi connectivity index (χ2n) is 7.96. The summed E-state index contributed by atoms with van der Waals surface area (Å²) in [6.45, 7) is 11.7. The minimum Gasteiger partial charge on any atom is -0.481 e. The number of aliphatic carboxylic acids is 1. The van der Waals surface area contributed by atoms with Crippen LogP contribution < -0.4 is 5.32 Å². The van der Waals surface area contributed by atoms with E-state index in [2.05, 4.69) is 39.9 Å². The number of hydrogen-bond acceptors (Lipinski definition) is 2. The molecule has 1 heterocycles. The van der Waals surface area contributed by atoms with Crippen LogP contribution in [0.15, 0.2) is 0 Å². The summed E-state index contributed by atoms with van der Waals surface area (Å²) in [5.74, 6) is -0.624. The Morgan fingerprint density at radius 1 is 1.27 bits per heavy atom. The largest absolute Gasteiger partial charge is 0.481 e. The maximum atomic E-state index is 12.5. The molecule has 2 N–H and O–H groups in total. The number of carboxylic acid groups (broad SMARTS) is 1. The van der Waals surface area contributed by atoms with Gasteiger partial charge in [0, 0.05) is 19.1 Å². The minimum absolute atomic E-state index is 0.00740. The normalized spacial score (nSPS) is 20.8. The smallest absolute Gasteiger partial charge is 0.317 e. The third-order valence-corrected chi connectivity index (χ3v) is 4.43. The van der Waals surface area contributed by atoms with Crippen LogP contribution in [0.4, 0.5) is 4.79 Å². The Balaban J connectivity index is 2.64. The number of carbonyl (C=O) groups excluding carboxylic acids is 1. The van der Waals surface area contributed by atoms with Crippen LogP contribution in [0, 0.1) is 17.3 Å². The van der Waals surface area contributed by atoms with Gasteiger partial charge in [0.15, 0.2) is 0 Å². The second-order valence-corrected chi connectivity index (χ2v) is 7.96. The van der Waals surface area contributed by atoms with Crippen molar-refractivity contribution in [1.82, 2.24) is 10.2 Å². The van der Waals surface area contributed by atoms with E-state index in [-0.39, 0.29) is 17.5 Å². The zero-order valence-corrected chi connectivity index (χ0v) is 14.7. The highest BCUT2D eigenvalue weighted by atomic mass is 16.4. The van der Waals surface area contributed by atoms with Gasteiger partial charge in [-0.3, -0.25) is 4.79 Å². The molecule has 0 saturated carbocycles. The highest BCUT2D eigenvalue weighted by Crippen LogP contribution is 2.25. The van der Waals surface area contributed by atoms with Crippen LogP contribution in [-0.4, -0.2) is 41.1 Å². The van der Waals surface area contributed by atoms with Gasteiger partial charge in [0.2, 0.25) is 0 Å². The lowest BCUT2D eigenvalue weighted by Gasteiger charge is -2.36. The van der Waals surface area contributed by atoms with Crippen molar-refractivity contribution >= 4 is 12.0 Å². The van der Waals surface area contributed by atoms with E-state index in [0.29, 0.717) is 25.4 Å². The Kier molecular flexibility index (Phi) is 6.69. The summed E-state index contributed by atoms with van der Waals surface area (Å²) in [5.41, 5.74) is -0.00740. The Morgan fingerprint density at radius 2 is 1.91 bits per heavy atom. The number of hydrogen-bond donors (Lipinski definition) is 2. The molecule has 0 aromatic heterocycles. The molecule has 1 rings (SSSR count). The van der Waals surface area contributed by atoms with Gasteiger partial charge < -0.3 is 15.3 Å². The first kappa shape index (κ1) is 18.8. The number of amides is 2. The first-order chi connectivity index (χ1) is 10.1. The summed E-state index contributed by atoms with van der Waals surface area (Å²) < 4.78 is 0. The van der Waals surface area contributed by atoms with Gasteiger partial charge in [0.25, 0.3) is 0 Å². The highest BCUT2D eigenvalue weighted by Gasteiger charge is 2.31. The van der Waals surface area contributed by atoms with E-state index in [1.54, 1.807) is 4.90 Å². The Hall–Kier alpha value is -1.26. The first-order valence-electron chi connectivity index (χ1n) is 8.39. The van der Waals surface area contributed by atoms with E-state index < -0.39 is 11.9 Å². The summed E-state index contributed by atoms with van der Waals surface area (Å²) in [4.78, 5) is 25.3. The number of nitrogens with one attached hydrogen (secondary N) is 1. The van der Waals surface area contributed by atoms with E-state index in [1.807, 2.05) is 0 Å². The topological polar surface area (TPSA) is 69.6 Å². The van der Waals surface area contributed by atoms with Crippen LogP contribution in [0.2, 0.25) is 0 Å². The molecule has 0 spiro atoms. The molecule has 0 bridgehead atoms. The molecule has 5 nitrogen and oxygen atoms in total. The maximum absolute atomic E-state index is 12.5. The van der Waals surface area contributed by atoms with Crippen LogP contribution in [0.5, 0.6) is 0 Å². The number of carboxylic acids is 1. The Labute approximate surface area is 134 Å². The van der Waals surface area contributed by atoms with E-state index in [0.717, 1.165) is 19.3 Å². The predicted molar refractivity (Wildman–Crippen MR) is 87.8 cm³/mol. The lowest BCUT2D eigenvalue weighted by molar-refractivity contribution is -0.143. The molecule has 5 heteroatoms. The van der Waals surface area contributed by atoms with Crippen molar-refractivity contribution in [2.75, 3.05) is 13.1 Å². The van der Waals surface area contributed by atoms with Gasteiger partial charge in [-0.1, -0.05) is 34.6 Å². The molecular formula is C17H32N2O3. The van der Waals surface area contributed by atoms with Crippen molar-refractivity contribution in [1.29, 1.82) is 0 Å². The molecule has 128 valence electrons. The number of rotatable bonds is 5. The van der Waals surface area contributed by atoms with Gasteiger partial charge >= 0.3 is 12.0 Å². The van der Waals surface area contributed by atoms with Crippen molar-refractivity contribution in [3.63, 3.8) is 0 Å². The molecule has 0 aromatic carbocycles. The molecule has 1 saturated heterocycles. The molecule has 2 unspecified atom stereocenters. The zero-order chi connectivity index (χ0) is 16.9. The number of carbonyl (C=O) groups is 2. The van der Waals surface area contributed by atoms with Gasteiger partial charge in [-0.05, 0) is 37.0 Å². The predicted octanol–water partition coefficient (Wildman–Crippen LogP) is 3.34. The molecule has 2 atom stereocenters. The van der Waals surface area contributed by atoms with Crippen LogP contribution in [-0.2, 0) is 4.79 Å². The summed E-state index contributed by atoms with van der Waals surface area (Å²) in [6, 6.07) is -0.0118. The van der Waals surface area contributed by atoms with E-state index in [4.69, 9.17) is 5.11 Å². The molecule has 1 fully saturated rings. The van der Waals surface area contributed by atoms with Crippen LogP contribution in [0.1, 0.15) is 60.3 Å². The summed E-state index contributed by atoms with van der Waals surface area (Å²) in [5, 5.41) is 12.3. The number of nitrogens with zero attached hydrogens (tertiary/aromatic N) is 1. The summed E-state index contributed by atoms with van der Waals surface area (Å²) >= 11 is 0. The molecule has 1 aliphatic heterocycles. The van der Waals surface area contributed by atoms with Gasteiger partial charge in [-0.15, -0.1) is 0 Å². The number of urea groups is 1. The minimum atomic E-state index is -0.801. The summed E-state index contributed by atoms with van der Waals surface area (Å²) in [7, 11) is 0. The van der Waals surface area contributed by atoms with Crippen LogP contribution >= 0.6 is 0 Å². The van der Waals surface area contributed by atoms with Gasteiger partial charge in [-0.25, -0.2) is 4.79 Å². The van der Waals surface area contributed by atoms with E-state index in [9.17, 15) is 9.59 Å². The number of likely N-dealkylation sites (tertiary alicyclic amines) is 1. The molecule has 0 aromatic rings. The molecule has 2 amide bonds. The van der Waals surface area contributed by atoms with Crippen molar-refractivity contribution in [2.45, 2.75) is 66.3 Å². The highest BCUT2D eigenvalue weighted by molar-refractivity contribution is 5.76. The fraction of sp³-hybridized carbons (Fsp3) is 0.882. The zero-order valence-electron chi connectivity index (χ0n) is 14.7. The average Bonchev–Trinajstić information content (AvgIpc) is 2.41. The second kappa shape index (κ2) is 7.84. The lowest BCUT2D eigenvalue weighted by Crippen LogP contribution is -2.52.